The van der Waals surface area contributed by atoms with Crippen LogP contribution in [0.5, 0.6) is 0 Å². The van der Waals surface area contributed by atoms with Gasteiger partial charge in [-0.25, -0.2) is 28.4 Å². The van der Waals surface area contributed by atoms with Crippen LogP contribution >= 0.6 is 0 Å². The van der Waals surface area contributed by atoms with E-state index in [-0.39, 0.29) is 10.8 Å². The second kappa shape index (κ2) is 8.73. The standard InChI is InChI=1S/C22H24N4O5S/c23-22(27)26(28)16-10-6-9-15(13-16)21-25-19(20(31-21)14-7-2-1-3-8-14)17-11-4-5-12-18(17)32(24,29)30/h1-5,7-8,11-12,15-16,28H,6,9-10,13H2,(H2,23,27)(H2,24,29,30). The molecule has 2 amide bonds. The Kier molecular flexibility index (Phi) is 6.00. The fourth-order valence-corrected chi connectivity index (χ4v) is 4.92. The molecule has 1 aliphatic rings. The van der Waals surface area contributed by atoms with Gasteiger partial charge in [0.2, 0.25) is 10.0 Å². The minimum absolute atomic E-state index is 0.0474. The maximum absolute atomic E-state index is 12.2. The van der Waals surface area contributed by atoms with Crippen LogP contribution in [0, 0.1) is 0 Å². The Morgan fingerprint density at radius 3 is 2.47 bits per heavy atom. The molecule has 1 heterocycles. The van der Waals surface area contributed by atoms with Crippen LogP contribution in [-0.2, 0) is 10.0 Å². The van der Waals surface area contributed by atoms with E-state index in [1.165, 1.54) is 6.07 Å². The van der Waals surface area contributed by atoms with Crippen molar-refractivity contribution in [1.82, 2.24) is 10.0 Å². The maximum atomic E-state index is 12.2. The van der Waals surface area contributed by atoms with Crippen LogP contribution in [0.2, 0.25) is 0 Å². The lowest BCUT2D eigenvalue weighted by Crippen LogP contribution is -2.43. The Hall–Kier alpha value is -3.21. The summed E-state index contributed by atoms with van der Waals surface area (Å²) in [4.78, 5) is 16.0. The van der Waals surface area contributed by atoms with Crippen LogP contribution in [0.3, 0.4) is 0 Å². The highest BCUT2D eigenvalue weighted by molar-refractivity contribution is 7.89. The van der Waals surface area contributed by atoms with Crippen molar-refractivity contribution in [2.75, 3.05) is 0 Å². The quantitative estimate of drug-likeness (QED) is 0.395. The van der Waals surface area contributed by atoms with Gasteiger partial charge in [-0.2, -0.15) is 0 Å². The average molecular weight is 457 g/mol. The summed E-state index contributed by atoms with van der Waals surface area (Å²) in [7, 11) is -4.00. The first kappa shape index (κ1) is 22.0. The number of sulfonamides is 1. The molecule has 3 aromatic rings. The van der Waals surface area contributed by atoms with E-state index in [0.29, 0.717) is 40.8 Å². The molecule has 168 valence electrons. The summed E-state index contributed by atoms with van der Waals surface area (Å²) < 4.78 is 30.6. The number of amides is 2. The number of hydroxylamine groups is 2. The molecular formula is C22H24N4O5S. The van der Waals surface area contributed by atoms with E-state index in [1.54, 1.807) is 18.2 Å². The van der Waals surface area contributed by atoms with E-state index in [4.69, 9.17) is 20.3 Å². The summed E-state index contributed by atoms with van der Waals surface area (Å²) >= 11 is 0. The van der Waals surface area contributed by atoms with Gasteiger partial charge in [0.15, 0.2) is 11.7 Å². The second-order valence-corrected chi connectivity index (χ2v) is 9.37. The molecule has 2 aromatic carbocycles. The molecule has 1 aromatic heterocycles. The number of rotatable bonds is 5. The minimum Gasteiger partial charge on any atom is -0.440 e. The Balaban J connectivity index is 1.81. The van der Waals surface area contributed by atoms with Gasteiger partial charge in [0.25, 0.3) is 0 Å². The second-order valence-electron chi connectivity index (χ2n) is 7.84. The molecule has 0 aliphatic heterocycles. The Bertz CT molecular complexity index is 1230. The number of hydrogen-bond donors (Lipinski definition) is 3. The lowest BCUT2D eigenvalue weighted by atomic mass is 9.85. The summed E-state index contributed by atoms with van der Waals surface area (Å²) in [5.41, 5.74) is 6.67. The fraction of sp³-hybridized carbons (Fsp3) is 0.273. The molecule has 5 N–H and O–H groups in total. The number of carbonyl (C=O) groups is 1. The number of urea groups is 1. The summed E-state index contributed by atoms with van der Waals surface area (Å²) in [6, 6.07) is 14.3. The summed E-state index contributed by atoms with van der Waals surface area (Å²) in [6.45, 7) is 0. The van der Waals surface area contributed by atoms with Crippen LogP contribution in [0.1, 0.15) is 37.5 Å². The predicted molar refractivity (Wildman–Crippen MR) is 117 cm³/mol. The van der Waals surface area contributed by atoms with Crippen molar-refractivity contribution in [1.29, 1.82) is 0 Å². The first-order valence-corrected chi connectivity index (χ1v) is 11.8. The third-order valence-electron chi connectivity index (χ3n) is 5.70. The lowest BCUT2D eigenvalue weighted by molar-refractivity contribution is -0.0865. The Morgan fingerprint density at radius 2 is 1.78 bits per heavy atom. The molecule has 10 heteroatoms. The monoisotopic (exact) mass is 456 g/mol. The summed E-state index contributed by atoms with van der Waals surface area (Å²) in [6.07, 6.45) is 2.52. The van der Waals surface area contributed by atoms with Crippen molar-refractivity contribution in [2.24, 2.45) is 10.9 Å². The average Bonchev–Trinajstić information content (AvgIpc) is 3.24. The van der Waals surface area contributed by atoms with E-state index >= 15 is 0 Å². The number of aromatic nitrogens is 1. The largest absolute Gasteiger partial charge is 0.440 e. The third-order valence-corrected chi connectivity index (χ3v) is 6.66. The molecule has 2 atom stereocenters. The molecular weight excluding hydrogens is 432 g/mol. The van der Waals surface area contributed by atoms with E-state index < -0.39 is 22.1 Å². The van der Waals surface area contributed by atoms with Gasteiger partial charge < -0.3 is 10.2 Å². The van der Waals surface area contributed by atoms with Gasteiger partial charge in [-0.3, -0.25) is 5.21 Å². The number of benzene rings is 2. The highest BCUT2D eigenvalue weighted by Gasteiger charge is 2.33. The highest BCUT2D eigenvalue weighted by Crippen LogP contribution is 2.41. The van der Waals surface area contributed by atoms with Crippen molar-refractivity contribution in [3.8, 4) is 22.6 Å². The van der Waals surface area contributed by atoms with Crippen LogP contribution in [0.4, 0.5) is 4.79 Å². The number of hydrogen-bond acceptors (Lipinski definition) is 6. The zero-order chi connectivity index (χ0) is 22.9. The summed E-state index contributed by atoms with van der Waals surface area (Å²) in [5, 5.41) is 16.0. The number of primary sulfonamides is 1. The summed E-state index contributed by atoms with van der Waals surface area (Å²) in [5.74, 6) is 0.654. The topological polar surface area (TPSA) is 153 Å². The Labute approximate surface area is 185 Å². The third kappa shape index (κ3) is 4.38. The molecule has 1 saturated carbocycles. The molecule has 9 nitrogen and oxygen atoms in total. The number of nitrogens with zero attached hydrogens (tertiary/aromatic N) is 2. The first-order chi connectivity index (χ1) is 15.3. The highest BCUT2D eigenvalue weighted by atomic mass is 32.2. The molecule has 4 rings (SSSR count). The molecule has 0 bridgehead atoms. The van der Waals surface area contributed by atoms with Crippen LogP contribution < -0.4 is 10.9 Å². The minimum atomic E-state index is -4.00. The predicted octanol–water partition coefficient (Wildman–Crippen LogP) is 3.45. The van der Waals surface area contributed by atoms with Crippen molar-refractivity contribution < 1.29 is 22.8 Å². The normalized spacial score (nSPS) is 18.9. The molecule has 0 spiro atoms. The zero-order valence-electron chi connectivity index (χ0n) is 17.2. The van der Waals surface area contributed by atoms with Gasteiger partial charge in [-0.05, 0) is 25.3 Å². The Morgan fingerprint density at radius 1 is 1.09 bits per heavy atom. The van der Waals surface area contributed by atoms with E-state index in [1.807, 2.05) is 30.3 Å². The van der Waals surface area contributed by atoms with Gasteiger partial charge >= 0.3 is 6.03 Å². The smallest absolute Gasteiger partial charge is 0.338 e. The van der Waals surface area contributed by atoms with Crippen LogP contribution in [-0.4, -0.2) is 35.7 Å². The molecule has 2 unspecified atom stereocenters. The van der Waals surface area contributed by atoms with Gasteiger partial charge in [-0.15, -0.1) is 0 Å². The number of primary amides is 1. The number of oxazole rings is 1. The number of nitrogens with two attached hydrogens (primary N) is 2. The van der Waals surface area contributed by atoms with Crippen molar-refractivity contribution in [3.63, 3.8) is 0 Å². The molecule has 32 heavy (non-hydrogen) atoms. The van der Waals surface area contributed by atoms with Gasteiger partial charge in [0.05, 0.1) is 10.9 Å². The molecule has 0 radical (unpaired) electrons. The van der Waals surface area contributed by atoms with Crippen LogP contribution in [0.25, 0.3) is 22.6 Å². The fourth-order valence-electron chi connectivity index (χ4n) is 4.18. The van der Waals surface area contributed by atoms with Gasteiger partial charge in [0.1, 0.15) is 5.69 Å². The van der Waals surface area contributed by atoms with E-state index in [0.717, 1.165) is 18.4 Å². The lowest BCUT2D eigenvalue weighted by Gasteiger charge is -2.31. The van der Waals surface area contributed by atoms with E-state index in [2.05, 4.69) is 0 Å². The van der Waals surface area contributed by atoms with Gasteiger partial charge in [-0.1, -0.05) is 55.0 Å². The van der Waals surface area contributed by atoms with Crippen molar-refractivity contribution >= 4 is 16.1 Å². The first-order valence-electron chi connectivity index (χ1n) is 10.2. The number of carbonyl (C=O) groups excluding carboxylic acids is 1. The zero-order valence-corrected chi connectivity index (χ0v) is 18.0. The molecule has 0 saturated heterocycles. The van der Waals surface area contributed by atoms with Crippen molar-refractivity contribution in [3.05, 3.63) is 60.5 Å². The molecule has 1 aliphatic carbocycles. The van der Waals surface area contributed by atoms with Crippen LogP contribution in [0.15, 0.2) is 63.9 Å². The maximum Gasteiger partial charge on any atom is 0.338 e. The van der Waals surface area contributed by atoms with Crippen molar-refractivity contribution in [2.45, 2.75) is 42.5 Å². The van der Waals surface area contributed by atoms with E-state index in [9.17, 15) is 18.4 Å². The SMILES string of the molecule is NC(=O)N(O)C1CCCC(c2nc(-c3ccccc3S(N)(=O)=O)c(-c3ccccc3)o2)C1. The molecule has 1 fully saturated rings. The van der Waals surface area contributed by atoms with Gasteiger partial charge in [0, 0.05) is 17.0 Å².